The second kappa shape index (κ2) is 6.19. The Hall–Kier alpha value is -0.840. The minimum absolute atomic E-state index is 0. The Morgan fingerprint density at radius 2 is 1.59 bits per heavy atom. The molecule has 0 saturated heterocycles. The molecule has 86 valence electrons. The van der Waals surface area contributed by atoms with Gasteiger partial charge in [0.25, 0.3) is 0 Å². The number of carbonyl (C=O) groups excluding carboxylic acids is 2. The van der Waals surface area contributed by atoms with E-state index in [1.807, 2.05) is 0 Å². The Morgan fingerprint density at radius 3 is 2.00 bits per heavy atom. The zero-order valence-electron chi connectivity index (χ0n) is 10.4. The van der Waals surface area contributed by atoms with Crippen molar-refractivity contribution in [3.8, 4) is 0 Å². The fourth-order valence-corrected chi connectivity index (χ4v) is 1.17. The molecule has 0 aliphatic rings. The average Bonchev–Trinajstić information content (AvgIpc) is 2.15. The fraction of sp³-hybridized carbons (Fsp3) is 0.333. The Labute approximate surface area is 122 Å². The number of hydrogen-bond donors (Lipinski definition) is 0. The molecule has 0 spiro atoms. The first-order valence-corrected chi connectivity index (χ1v) is 4.85. The summed E-state index contributed by atoms with van der Waals surface area (Å²) in [7, 11) is 0. The second-order valence-electron chi connectivity index (χ2n) is 4.33. The van der Waals surface area contributed by atoms with Crippen molar-refractivity contribution in [2.75, 3.05) is 0 Å². The zero-order chi connectivity index (χ0) is 12.3. The number of esters is 1. The largest absolute Gasteiger partial charge is 1.00 e. The van der Waals surface area contributed by atoms with Crippen LogP contribution in [0.3, 0.4) is 0 Å². The van der Waals surface area contributed by atoms with Crippen LogP contribution in [0.5, 0.6) is 0 Å². The number of hydrogen-bond acceptors (Lipinski definition) is 4. The van der Waals surface area contributed by atoms with Crippen molar-refractivity contribution in [2.45, 2.75) is 26.4 Å². The van der Waals surface area contributed by atoms with Crippen molar-refractivity contribution in [1.82, 2.24) is 0 Å². The van der Waals surface area contributed by atoms with Crippen LogP contribution in [-0.2, 0) is 4.74 Å². The predicted molar refractivity (Wildman–Crippen MR) is 55.9 cm³/mol. The molecule has 0 atom stereocenters. The van der Waals surface area contributed by atoms with E-state index in [1.165, 1.54) is 18.2 Å². The van der Waals surface area contributed by atoms with Crippen LogP contribution >= 0.6 is 0 Å². The molecular formula is C12H13NaO4. The molecule has 0 radical (unpaired) electrons. The summed E-state index contributed by atoms with van der Waals surface area (Å²) in [5.41, 5.74) is -0.801. The third-order valence-electron chi connectivity index (χ3n) is 1.77. The summed E-state index contributed by atoms with van der Waals surface area (Å²) in [4.78, 5) is 22.4. The molecule has 0 amide bonds. The Morgan fingerprint density at radius 1 is 1.12 bits per heavy atom. The normalized spacial score (nSPS) is 10.3. The third-order valence-corrected chi connectivity index (χ3v) is 1.77. The number of carboxylic acid groups (broad SMARTS) is 1. The van der Waals surface area contributed by atoms with Gasteiger partial charge in [0.05, 0.1) is 11.5 Å². The molecular weight excluding hydrogens is 231 g/mol. The van der Waals surface area contributed by atoms with Gasteiger partial charge in [0.2, 0.25) is 0 Å². The summed E-state index contributed by atoms with van der Waals surface area (Å²) < 4.78 is 5.08. The fourth-order valence-electron chi connectivity index (χ4n) is 1.17. The zero-order valence-corrected chi connectivity index (χ0v) is 12.4. The summed E-state index contributed by atoms with van der Waals surface area (Å²) in [6, 6.07) is 5.82. The molecule has 1 rings (SSSR count). The maximum Gasteiger partial charge on any atom is 1.00 e. The molecule has 1 aromatic rings. The summed E-state index contributed by atoms with van der Waals surface area (Å²) >= 11 is 0. The van der Waals surface area contributed by atoms with Gasteiger partial charge in [0.1, 0.15) is 5.60 Å². The van der Waals surface area contributed by atoms with Gasteiger partial charge >= 0.3 is 35.5 Å². The van der Waals surface area contributed by atoms with E-state index in [2.05, 4.69) is 0 Å². The van der Waals surface area contributed by atoms with E-state index in [9.17, 15) is 14.7 Å². The number of ether oxygens (including phenoxy) is 1. The van der Waals surface area contributed by atoms with Gasteiger partial charge in [0, 0.05) is 5.56 Å². The van der Waals surface area contributed by atoms with Gasteiger partial charge < -0.3 is 14.6 Å². The predicted octanol–water partition coefficient (Wildman–Crippen LogP) is -1.99. The molecule has 0 unspecified atom stereocenters. The van der Waals surface area contributed by atoms with Gasteiger partial charge in [0.15, 0.2) is 0 Å². The Bertz CT molecular complexity index is 421. The van der Waals surface area contributed by atoms with Crippen molar-refractivity contribution >= 4 is 11.9 Å². The van der Waals surface area contributed by atoms with E-state index in [0.717, 1.165) is 0 Å². The van der Waals surface area contributed by atoms with Crippen molar-refractivity contribution in [3.05, 3.63) is 35.4 Å². The van der Waals surface area contributed by atoms with Gasteiger partial charge in [-0.15, -0.1) is 0 Å². The van der Waals surface area contributed by atoms with Gasteiger partial charge in [-0.1, -0.05) is 18.2 Å². The minimum atomic E-state index is -1.39. The van der Waals surface area contributed by atoms with Crippen molar-refractivity contribution in [2.24, 2.45) is 0 Å². The average molecular weight is 244 g/mol. The SMILES string of the molecule is CC(C)(C)OC(=O)c1ccccc1C(=O)[O-].[Na+]. The molecule has 0 aromatic heterocycles. The van der Waals surface area contributed by atoms with Crippen LogP contribution < -0.4 is 34.7 Å². The number of carboxylic acids is 1. The maximum atomic E-state index is 11.7. The number of rotatable bonds is 2. The quantitative estimate of drug-likeness (QED) is 0.446. The molecule has 0 aliphatic carbocycles. The number of carbonyl (C=O) groups is 2. The van der Waals surface area contributed by atoms with Crippen LogP contribution in [0.15, 0.2) is 24.3 Å². The topological polar surface area (TPSA) is 66.4 Å². The summed E-state index contributed by atoms with van der Waals surface area (Å²) in [6.45, 7) is 5.14. The van der Waals surface area contributed by atoms with Gasteiger partial charge in [-0.3, -0.25) is 0 Å². The van der Waals surface area contributed by atoms with Gasteiger partial charge in [-0.05, 0) is 26.8 Å². The van der Waals surface area contributed by atoms with E-state index < -0.39 is 17.5 Å². The minimum Gasteiger partial charge on any atom is -0.545 e. The van der Waals surface area contributed by atoms with Gasteiger partial charge in [-0.2, -0.15) is 0 Å². The first-order valence-electron chi connectivity index (χ1n) is 4.85. The van der Waals surface area contributed by atoms with E-state index in [0.29, 0.717) is 0 Å². The van der Waals surface area contributed by atoms with E-state index >= 15 is 0 Å². The summed E-state index contributed by atoms with van der Waals surface area (Å²) in [6.07, 6.45) is 0. The van der Waals surface area contributed by atoms with E-state index in [1.54, 1.807) is 26.8 Å². The van der Waals surface area contributed by atoms with Crippen molar-refractivity contribution in [3.63, 3.8) is 0 Å². The Kier molecular flexibility index (Phi) is 5.88. The molecule has 4 nitrogen and oxygen atoms in total. The van der Waals surface area contributed by atoms with Crippen LogP contribution in [0.1, 0.15) is 41.5 Å². The standard InChI is InChI=1S/C12H14O4.Na/c1-12(2,3)16-11(15)9-7-5-4-6-8(9)10(13)14;/h4-7H,1-3H3,(H,13,14);/q;+1/p-1. The molecule has 1 aromatic carbocycles. The molecule has 17 heavy (non-hydrogen) atoms. The molecule has 0 fully saturated rings. The first kappa shape index (κ1) is 16.2. The molecule has 0 aliphatic heterocycles. The number of benzene rings is 1. The monoisotopic (exact) mass is 244 g/mol. The molecule has 0 heterocycles. The number of aromatic carboxylic acids is 1. The van der Waals surface area contributed by atoms with Crippen LogP contribution in [0.25, 0.3) is 0 Å². The summed E-state index contributed by atoms with van der Waals surface area (Å²) in [5.74, 6) is -2.05. The van der Waals surface area contributed by atoms with Gasteiger partial charge in [-0.25, -0.2) is 4.79 Å². The van der Waals surface area contributed by atoms with E-state index in [4.69, 9.17) is 4.74 Å². The smallest absolute Gasteiger partial charge is 0.545 e. The molecule has 5 heteroatoms. The second-order valence-corrected chi connectivity index (χ2v) is 4.33. The molecule has 0 saturated carbocycles. The first-order chi connectivity index (χ1) is 7.31. The molecule has 0 bridgehead atoms. The third kappa shape index (κ3) is 4.89. The Balaban J connectivity index is 0.00000256. The maximum absolute atomic E-state index is 11.7. The van der Waals surface area contributed by atoms with Crippen LogP contribution in [0, 0.1) is 0 Å². The van der Waals surface area contributed by atoms with Crippen LogP contribution in [0.2, 0.25) is 0 Å². The van der Waals surface area contributed by atoms with Crippen LogP contribution in [-0.4, -0.2) is 17.5 Å². The van der Waals surface area contributed by atoms with Crippen molar-refractivity contribution < 1.29 is 49.0 Å². The molecule has 0 N–H and O–H groups in total. The summed E-state index contributed by atoms with van der Waals surface area (Å²) in [5, 5.41) is 10.8. The van der Waals surface area contributed by atoms with E-state index in [-0.39, 0.29) is 40.7 Å². The van der Waals surface area contributed by atoms with Crippen LogP contribution in [0.4, 0.5) is 0 Å². The van der Waals surface area contributed by atoms with Crippen molar-refractivity contribution in [1.29, 1.82) is 0 Å².